The van der Waals surface area contributed by atoms with Crippen molar-refractivity contribution in [3.8, 4) is 11.1 Å². The Kier molecular flexibility index (Phi) is 6.62. The fraction of sp³-hybridized carbons (Fsp3) is 0.435. The third-order valence-corrected chi connectivity index (χ3v) is 5.01. The van der Waals surface area contributed by atoms with Crippen LogP contribution in [0.3, 0.4) is 0 Å². The molecule has 0 heterocycles. The summed E-state index contributed by atoms with van der Waals surface area (Å²) >= 11 is 0. The Morgan fingerprint density at radius 3 is 2.00 bits per heavy atom. The molecule has 168 valence electrons. The monoisotopic (exact) mass is 437 g/mol. The SMILES string of the molecule is CC(C)(C)O[C@@H]([C@H](CO)NC(=O)OCC1c2ccccc2-c2ccccc21)C(F)(F)F. The minimum Gasteiger partial charge on any atom is -0.449 e. The topological polar surface area (TPSA) is 67.8 Å². The maximum atomic E-state index is 13.5. The highest BCUT2D eigenvalue weighted by molar-refractivity contribution is 5.79. The van der Waals surface area contributed by atoms with E-state index >= 15 is 0 Å². The van der Waals surface area contributed by atoms with Crippen LogP contribution in [0.2, 0.25) is 0 Å². The Balaban J connectivity index is 1.70. The zero-order valence-corrected chi connectivity index (χ0v) is 17.6. The number of carbonyl (C=O) groups excluding carboxylic acids is 1. The minimum atomic E-state index is -4.78. The number of nitrogens with one attached hydrogen (secondary N) is 1. The van der Waals surface area contributed by atoms with Crippen molar-refractivity contribution in [2.24, 2.45) is 0 Å². The molecule has 2 atom stereocenters. The zero-order valence-electron chi connectivity index (χ0n) is 17.6. The van der Waals surface area contributed by atoms with Crippen LogP contribution in [0.15, 0.2) is 48.5 Å². The van der Waals surface area contributed by atoms with Crippen LogP contribution in [0.4, 0.5) is 18.0 Å². The van der Waals surface area contributed by atoms with Crippen LogP contribution in [-0.4, -0.2) is 48.3 Å². The van der Waals surface area contributed by atoms with Crippen molar-refractivity contribution in [3.63, 3.8) is 0 Å². The van der Waals surface area contributed by atoms with Gasteiger partial charge in [-0.05, 0) is 43.0 Å². The molecule has 0 unspecified atom stereocenters. The number of alkyl halides is 3. The largest absolute Gasteiger partial charge is 0.449 e. The lowest BCUT2D eigenvalue weighted by molar-refractivity contribution is -0.255. The van der Waals surface area contributed by atoms with E-state index in [9.17, 15) is 23.1 Å². The van der Waals surface area contributed by atoms with Gasteiger partial charge >= 0.3 is 12.3 Å². The van der Waals surface area contributed by atoms with Gasteiger partial charge in [-0.25, -0.2) is 4.79 Å². The highest BCUT2D eigenvalue weighted by Crippen LogP contribution is 2.44. The Morgan fingerprint density at radius 2 is 1.55 bits per heavy atom. The Bertz CT molecular complexity index is 878. The Labute approximate surface area is 179 Å². The predicted octanol–water partition coefficient (Wildman–Crippen LogP) is 4.63. The van der Waals surface area contributed by atoms with Crippen molar-refractivity contribution < 1.29 is 32.5 Å². The lowest BCUT2D eigenvalue weighted by Gasteiger charge is -2.33. The third kappa shape index (κ3) is 5.37. The van der Waals surface area contributed by atoms with Gasteiger partial charge in [-0.15, -0.1) is 0 Å². The lowest BCUT2D eigenvalue weighted by Crippen LogP contribution is -2.55. The number of benzene rings is 2. The summed E-state index contributed by atoms with van der Waals surface area (Å²) in [6, 6.07) is 13.8. The molecule has 2 aromatic carbocycles. The van der Waals surface area contributed by atoms with Crippen LogP contribution >= 0.6 is 0 Å². The summed E-state index contributed by atoms with van der Waals surface area (Å²) in [5.41, 5.74) is 2.92. The van der Waals surface area contributed by atoms with Crippen molar-refractivity contribution in [1.82, 2.24) is 5.32 Å². The van der Waals surface area contributed by atoms with Crippen LogP contribution < -0.4 is 5.32 Å². The summed E-state index contributed by atoms with van der Waals surface area (Å²) in [6.45, 7) is 3.40. The van der Waals surface area contributed by atoms with E-state index in [1.807, 2.05) is 48.5 Å². The van der Waals surface area contributed by atoms with E-state index in [2.05, 4.69) is 5.32 Å². The summed E-state index contributed by atoms with van der Waals surface area (Å²) in [7, 11) is 0. The molecule has 0 saturated carbocycles. The molecule has 0 saturated heterocycles. The van der Waals surface area contributed by atoms with E-state index in [0.29, 0.717) is 0 Å². The number of rotatable bonds is 6. The molecular formula is C23H26F3NO4. The maximum Gasteiger partial charge on any atom is 0.416 e. The summed E-state index contributed by atoms with van der Waals surface area (Å²) in [5.74, 6) is -0.227. The van der Waals surface area contributed by atoms with E-state index in [1.165, 1.54) is 20.8 Å². The highest BCUT2D eigenvalue weighted by atomic mass is 19.4. The first-order valence-corrected chi connectivity index (χ1v) is 9.98. The smallest absolute Gasteiger partial charge is 0.416 e. The summed E-state index contributed by atoms with van der Waals surface area (Å²) in [6.07, 6.45) is -8.21. The summed E-state index contributed by atoms with van der Waals surface area (Å²) in [5, 5.41) is 11.6. The standard InChI is InChI=1S/C23H26F3NO4/c1-22(2,3)31-20(23(24,25)26)19(12-28)27-21(29)30-13-18-16-10-6-4-8-14(16)15-9-5-7-11-17(15)18/h4-11,18-20,28H,12-13H2,1-3H3,(H,27,29)/t19-,20-/m0/s1. The molecule has 31 heavy (non-hydrogen) atoms. The summed E-state index contributed by atoms with van der Waals surface area (Å²) < 4.78 is 50.8. The molecule has 1 aliphatic carbocycles. The molecule has 2 aromatic rings. The van der Waals surface area contributed by atoms with E-state index in [4.69, 9.17) is 9.47 Å². The molecule has 0 aromatic heterocycles. The first-order valence-electron chi connectivity index (χ1n) is 9.98. The number of ether oxygens (including phenoxy) is 2. The minimum absolute atomic E-state index is 0.0468. The third-order valence-electron chi connectivity index (χ3n) is 5.01. The highest BCUT2D eigenvalue weighted by Gasteiger charge is 2.48. The molecule has 0 fully saturated rings. The van der Waals surface area contributed by atoms with Gasteiger partial charge in [-0.1, -0.05) is 48.5 Å². The molecule has 1 aliphatic rings. The van der Waals surface area contributed by atoms with Gasteiger partial charge in [-0.3, -0.25) is 0 Å². The molecule has 5 nitrogen and oxygen atoms in total. The van der Waals surface area contributed by atoms with Crippen LogP contribution in [0.5, 0.6) is 0 Å². The van der Waals surface area contributed by atoms with Gasteiger partial charge in [0.2, 0.25) is 0 Å². The van der Waals surface area contributed by atoms with Gasteiger partial charge in [-0.2, -0.15) is 13.2 Å². The molecular weight excluding hydrogens is 411 g/mol. The van der Waals surface area contributed by atoms with Gasteiger partial charge in [0.25, 0.3) is 0 Å². The number of hydrogen-bond donors (Lipinski definition) is 2. The fourth-order valence-electron chi connectivity index (χ4n) is 3.77. The van der Waals surface area contributed by atoms with E-state index < -0.39 is 36.6 Å². The second kappa shape index (κ2) is 8.88. The van der Waals surface area contributed by atoms with Gasteiger partial charge in [0.1, 0.15) is 6.61 Å². The predicted molar refractivity (Wildman–Crippen MR) is 110 cm³/mol. The number of fused-ring (bicyclic) bond motifs is 3. The normalized spacial score (nSPS) is 15.7. The molecule has 8 heteroatoms. The summed E-state index contributed by atoms with van der Waals surface area (Å²) in [4.78, 5) is 12.3. The Hall–Kier alpha value is -2.58. The lowest BCUT2D eigenvalue weighted by atomic mass is 9.98. The van der Waals surface area contributed by atoms with Crippen LogP contribution in [-0.2, 0) is 9.47 Å². The fourth-order valence-corrected chi connectivity index (χ4v) is 3.77. The number of amides is 1. The molecule has 3 rings (SSSR count). The molecule has 0 bridgehead atoms. The van der Waals surface area contributed by atoms with E-state index in [0.717, 1.165) is 22.3 Å². The average molecular weight is 437 g/mol. The maximum absolute atomic E-state index is 13.5. The van der Waals surface area contributed by atoms with E-state index in [-0.39, 0.29) is 12.5 Å². The van der Waals surface area contributed by atoms with Crippen molar-refractivity contribution in [3.05, 3.63) is 59.7 Å². The van der Waals surface area contributed by atoms with Crippen LogP contribution in [0.25, 0.3) is 11.1 Å². The number of alkyl carbamates (subject to hydrolysis) is 1. The van der Waals surface area contributed by atoms with Crippen LogP contribution in [0.1, 0.15) is 37.8 Å². The van der Waals surface area contributed by atoms with Crippen molar-refractivity contribution >= 4 is 6.09 Å². The second-order valence-corrected chi connectivity index (χ2v) is 8.45. The first-order chi connectivity index (χ1) is 14.5. The molecule has 0 radical (unpaired) electrons. The number of carbonyl (C=O) groups is 1. The second-order valence-electron chi connectivity index (χ2n) is 8.45. The van der Waals surface area contributed by atoms with Gasteiger partial charge < -0.3 is 19.9 Å². The number of halogens is 3. The molecule has 0 aliphatic heterocycles. The quantitative estimate of drug-likeness (QED) is 0.692. The van der Waals surface area contributed by atoms with Crippen molar-refractivity contribution in [2.45, 2.75) is 50.6 Å². The van der Waals surface area contributed by atoms with Crippen LogP contribution in [0, 0.1) is 0 Å². The van der Waals surface area contributed by atoms with E-state index in [1.54, 1.807) is 0 Å². The number of aliphatic hydroxyl groups excluding tert-OH is 1. The van der Waals surface area contributed by atoms with Gasteiger partial charge in [0.15, 0.2) is 6.10 Å². The van der Waals surface area contributed by atoms with Crippen molar-refractivity contribution in [1.29, 1.82) is 0 Å². The van der Waals surface area contributed by atoms with Gasteiger partial charge in [0.05, 0.1) is 18.2 Å². The first kappa shape index (κ1) is 23.1. The number of hydrogen-bond acceptors (Lipinski definition) is 4. The van der Waals surface area contributed by atoms with Gasteiger partial charge in [0, 0.05) is 5.92 Å². The van der Waals surface area contributed by atoms with Crippen molar-refractivity contribution in [2.75, 3.05) is 13.2 Å². The number of aliphatic hydroxyl groups is 1. The Morgan fingerprint density at radius 1 is 1.03 bits per heavy atom. The molecule has 1 amide bonds. The average Bonchev–Trinajstić information content (AvgIpc) is 3.01. The molecule has 2 N–H and O–H groups in total. The zero-order chi connectivity index (χ0) is 22.8. The molecule has 0 spiro atoms.